The Bertz CT molecular complexity index is 446. The van der Waals surface area contributed by atoms with Crippen LogP contribution in [0.2, 0.25) is 5.02 Å². The lowest BCUT2D eigenvalue weighted by molar-refractivity contribution is 0.474. The number of nitrogens with zero attached hydrogens (tertiary/aromatic N) is 2. The second kappa shape index (κ2) is 8.72. The van der Waals surface area contributed by atoms with Crippen LogP contribution < -0.4 is 5.32 Å². The summed E-state index contributed by atoms with van der Waals surface area (Å²) in [6, 6.07) is 7.94. The molecule has 1 aliphatic carbocycles. The first-order valence-corrected chi connectivity index (χ1v) is 7.23. The molecule has 1 saturated carbocycles. The Morgan fingerprint density at radius 3 is 2.70 bits per heavy atom. The smallest absolute Gasteiger partial charge is 0.193 e. The lowest BCUT2D eigenvalue weighted by atomic mass is 10.2. The molecule has 1 fully saturated rings. The summed E-state index contributed by atoms with van der Waals surface area (Å²) in [4.78, 5) is 6.42. The molecule has 1 aromatic carbocycles. The zero-order chi connectivity index (χ0) is 13.7. The molecule has 112 valence electrons. The highest BCUT2D eigenvalue weighted by atomic mass is 127. The van der Waals surface area contributed by atoms with Gasteiger partial charge in [-0.05, 0) is 24.0 Å². The lowest BCUT2D eigenvalue weighted by Gasteiger charge is -2.22. The van der Waals surface area contributed by atoms with Gasteiger partial charge in [0.05, 0.1) is 0 Å². The maximum atomic E-state index is 6.18. The van der Waals surface area contributed by atoms with Crippen LogP contribution >= 0.6 is 35.6 Å². The third-order valence-corrected chi connectivity index (χ3v) is 3.84. The van der Waals surface area contributed by atoms with Crippen molar-refractivity contribution in [3.05, 3.63) is 34.9 Å². The van der Waals surface area contributed by atoms with Crippen molar-refractivity contribution in [2.45, 2.75) is 25.8 Å². The Labute approximate surface area is 143 Å². The van der Waals surface area contributed by atoms with Crippen LogP contribution in [0.5, 0.6) is 0 Å². The normalized spacial score (nSPS) is 14.7. The Morgan fingerprint density at radius 1 is 1.40 bits per heavy atom. The molecule has 0 atom stereocenters. The molecule has 1 aromatic rings. The molecule has 3 nitrogen and oxygen atoms in total. The van der Waals surface area contributed by atoms with E-state index in [1.807, 2.05) is 32.3 Å². The van der Waals surface area contributed by atoms with E-state index in [2.05, 4.69) is 21.3 Å². The van der Waals surface area contributed by atoms with Crippen molar-refractivity contribution in [3.63, 3.8) is 0 Å². The Balaban J connectivity index is 0.00000200. The van der Waals surface area contributed by atoms with Crippen LogP contribution in [0.1, 0.15) is 24.8 Å². The van der Waals surface area contributed by atoms with Crippen molar-refractivity contribution in [2.24, 2.45) is 10.9 Å². The number of nitrogens with one attached hydrogen (secondary N) is 1. The third-order valence-electron chi connectivity index (χ3n) is 3.47. The summed E-state index contributed by atoms with van der Waals surface area (Å²) in [5.74, 6) is 1.88. The van der Waals surface area contributed by atoms with E-state index in [4.69, 9.17) is 11.6 Å². The lowest BCUT2D eigenvalue weighted by Crippen LogP contribution is -2.39. The summed E-state index contributed by atoms with van der Waals surface area (Å²) < 4.78 is 0. The fraction of sp³-hybridized carbons (Fsp3) is 0.533. The van der Waals surface area contributed by atoms with Crippen molar-refractivity contribution >= 4 is 41.5 Å². The molecule has 0 radical (unpaired) electrons. The highest BCUT2D eigenvalue weighted by Gasteiger charge is 2.20. The van der Waals surface area contributed by atoms with Gasteiger partial charge in [0.15, 0.2) is 5.96 Å². The van der Waals surface area contributed by atoms with Crippen molar-refractivity contribution in [3.8, 4) is 0 Å². The van der Waals surface area contributed by atoms with E-state index < -0.39 is 0 Å². The van der Waals surface area contributed by atoms with Gasteiger partial charge in [0.1, 0.15) is 0 Å². The summed E-state index contributed by atoms with van der Waals surface area (Å²) in [6.07, 6.45) is 4.05. The monoisotopic (exact) mass is 407 g/mol. The van der Waals surface area contributed by atoms with E-state index in [1.54, 1.807) is 0 Å². The average molecular weight is 408 g/mol. The number of hydrogen-bond acceptors (Lipinski definition) is 1. The number of rotatable bonds is 5. The van der Waals surface area contributed by atoms with Gasteiger partial charge < -0.3 is 10.2 Å². The van der Waals surface area contributed by atoms with Crippen molar-refractivity contribution < 1.29 is 0 Å². The van der Waals surface area contributed by atoms with Crippen LogP contribution in [0.25, 0.3) is 0 Å². The van der Waals surface area contributed by atoms with Crippen molar-refractivity contribution in [1.82, 2.24) is 10.2 Å². The largest absolute Gasteiger partial charge is 0.356 e. The zero-order valence-corrected chi connectivity index (χ0v) is 15.2. The molecule has 1 aliphatic rings. The van der Waals surface area contributed by atoms with Crippen molar-refractivity contribution in [2.75, 3.05) is 20.6 Å². The van der Waals surface area contributed by atoms with E-state index in [9.17, 15) is 0 Å². The topological polar surface area (TPSA) is 27.6 Å². The fourth-order valence-electron chi connectivity index (χ4n) is 2.14. The second-order valence-corrected chi connectivity index (χ2v) is 5.56. The molecule has 0 spiro atoms. The Hall–Kier alpha value is -0.490. The molecular weight excluding hydrogens is 385 g/mol. The van der Waals surface area contributed by atoms with E-state index >= 15 is 0 Å². The van der Waals surface area contributed by atoms with Gasteiger partial charge in [0, 0.05) is 32.2 Å². The molecule has 0 unspecified atom stereocenters. The first-order chi connectivity index (χ1) is 9.20. The Kier molecular flexibility index (Phi) is 7.66. The zero-order valence-electron chi connectivity index (χ0n) is 12.1. The highest BCUT2D eigenvalue weighted by Crippen LogP contribution is 2.31. The number of aliphatic imine (C=N–C) groups is 1. The maximum absolute atomic E-state index is 6.18. The number of hydrogen-bond donors (Lipinski definition) is 1. The second-order valence-electron chi connectivity index (χ2n) is 5.15. The van der Waals surface area contributed by atoms with Gasteiger partial charge >= 0.3 is 0 Å². The summed E-state index contributed by atoms with van der Waals surface area (Å²) in [5.41, 5.74) is 1.12. The van der Waals surface area contributed by atoms with Gasteiger partial charge in [0.25, 0.3) is 0 Å². The molecule has 0 aromatic heterocycles. The van der Waals surface area contributed by atoms with Gasteiger partial charge in [-0.3, -0.25) is 4.99 Å². The molecule has 1 N–H and O–H groups in total. The Morgan fingerprint density at radius 2 is 2.10 bits per heavy atom. The molecule has 0 heterocycles. The maximum Gasteiger partial charge on any atom is 0.193 e. The quantitative estimate of drug-likeness (QED) is 0.457. The summed E-state index contributed by atoms with van der Waals surface area (Å²) in [5, 5.41) is 4.22. The molecule has 0 bridgehead atoms. The van der Waals surface area contributed by atoms with Gasteiger partial charge in [-0.1, -0.05) is 42.6 Å². The molecular formula is C15H23ClIN3. The minimum absolute atomic E-state index is 0. The van der Waals surface area contributed by atoms with E-state index in [-0.39, 0.29) is 24.0 Å². The summed E-state index contributed by atoms with van der Waals surface area (Å²) in [6.45, 7) is 1.77. The molecule has 20 heavy (non-hydrogen) atoms. The third kappa shape index (κ3) is 5.48. The predicted octanol–water partition coefficient (Wildman–Crippen LogP) is 3.77. The molecule has 0 aliphatic heterocycles. The summed E-state index contributed by atoms with van der Waals surface area (Å²) >= 11 is 6.18. The SMILES string of the molecule is CN=C(NCCC1CC1)N(C)Cc1ccccc1Cl.I. The van der Waals surface area contributed by atoms with Crippen LogP contribution in [0.4, 0.5) is 0 Å². The predicted molar refractivity (Wildman–Crippen MR) is 97.0 cm³/mol. The van der Waals surface area contributed by atoms with Gasteiger partial charge in [0.2, 0.25) is 0 Å². The van der Waals surface area contributed by atoms with Crippen LogP contribution in [0.3, 0.4) is 0 Å². The minimum Gasteiger partial charge on any atom is -0.356 e. The minimum atomic E-state index is 0. The highest BCUT2D eigenvalue weighted by molar-refractivity contribution is 14.0. The fourth-order valence-corrected chi connectivity index (χ4v) is 2.33. The van der Waals surface area contributed by atoms with Gasteiger partial charge in [-0.25, -0.2) is 0 Å². The van der Waals surface area contributed by atoms with Crippen LogP contribution in [0, 0.1) is 5.92 Å². The molecule has 0 saturated heterocycles. The van der Waals surface area contributed by atoms with Crippen LogP contribution in [-0.4, -0.2) is 31.5 Å². The van der Waals surface area contributed by atoms with E-state index in [0.29, 0.717) is 0 Å². The molecule has 2 rings (SSSR count). The number of guanidine groups is 1. The van der Waals surface area contributed by atoms with Gasteiger partial charge in [-0.2, -0.15) is 0 Å². The van der Waals surface area contributed by atoms with E-state index in [0.717, 1.165) is 35.6 Å². The van der Waals surface area contributed by atoms with Crippen molar-refractivity contribution in [1.29, 1.82) is 0 Å². The number of benzene rings is 1. The van der Waals surface area contributed by atoms with Gasteiger partial charge in [-0.15, -0.1) is 24.0 Å². The summed E-state index contributed by atoms with van der Waals surface area (Å²) in [7, 11) is 3.86. The first-order valence-electron chi connectivity index (χ1n) is 6.86. The molecule has 5 heteroatoms. The van der Waals surface area contributed by atoms with Crippen LogP contribution in [0.15, 0.2) is 29.3 Å². The van der Waals surface area contributed by atoms with E-state index in [1.165, 1.54) is 19.3 Å². The van der Waals surface area contributed by atoms with Crippen LogP contribution in [-0.2, 0) is 6.54 Å². The average Bonchev–Trinajstić information content (AvgIpc) is 3.21. The standard InChI is InChI=1S/C15H22ClN3.HI/c1-17-15(18-10-9-12-7-8-12)19(2)11-13-5-3-4-6-14(13)16;/h3-6,12H,7-11H2,1-2H3,(H,17,18);1H. The first kappa shape index (κ1) is 17.6. The molecule has 0 amide bonds. The number of halogens is 2.